The number of esters is 1. The van der Waals surface area contributed by atoms with Crippen LogP contribution in [0.1, 0.15) is 34.1 Å². The molecule has 4 atom stereocenters. The molecule has 2 heterocycles. The van der Waals surface area contributed by atoms with E-state index in [4.69, 9.17) is 9.47 Å². The summed E-state index contributed by atoms with van der Waals surface area (Å²) >= 11 is 0. The first-order valence-corrected chi connectivity index (χ1v) is 7.42. The molecule has 2 rings (SSSR count). The zero-order valence-electron chi connectivity index (χ0n) is 13.9. The second-order valence-corrected chi connectivity index (χ2v) is 7.31. The summed E-state index contributed by atoms with van der Waals surface area (Å²) in [6.07, 6.45) is 1.27. The van der Waals surface area contributed by atoms with Crippen LogP contribution in [0.15, 0.2) is 12.7 Å². The van der Waals surface area contributed by atoms with Gasteiger partial charge in [0.1, 0.15) is 11.8 Å². The summed E-state index contributed by atoms with van der Waals surface area (Å²) in [6, 6.07) is 0. The van der Waals surface area contributed by atoms with Gasteiger partial charge in [-0.15, -0.1) is 6.58 Å². The molecule has 0 aromatic carbocycles. The Labute approximate surface area is 131 Å². The highest BCUT2D eigenvalue weighted by molar-refractivity contribution is 5.97. The first kappa shape index (κ1) is 17.0. The lowest BCUT2D eigenvalue weighted by Crippen LogP contribution is -2.64. The van der Waals surface area contributed by atoms with E-state index in [0.717, 1.165) is 0 Å². The molecule has 1 amide bonds. The Kier molecular flexibility index (Phi) is 3.90. The zero-order valence-corrected chi connectivity index (χ0v) is 13.9. The predicted molar refractivity (Wildman–Crippen MR) is 79.7 cm³/mol. The average molecular weight is 311 g/mol. The van der Waals surface area contributed by atoms with Crippen LogP contribution in [-0.4, -0.2) is 53.0 Å². The molecule has 0 radical (unpaired) electrons. The van der Waals surface area contributed by atoms with Crippen molar-refractivity contribution in [3.63, 3.8) is 0 Å². The standard InChI is InChI=1S/C16H25NO5/c1-7-8-10-11(18)17-12(14(2,3)4)22-9-16(17,13(19)21-6)15(10,5)20/h7,10,12,20H,1,8-9H2,2-6H3/t10-,12+,15-,16+/m0/s1. The van der Waals surface area contributed by atoms with Crippen molar-refractivity contribution in [2.24, 2.45) is 11.3 Å². The van der Waals surface area contributed by atoms with E-state index in [9.17, 15) is 14.7 Å². The third-order valence-electron chi connectivity index (χ3n) is 4.81. The van der Waals surface area contributed by atoms with E-state index in [2.05, 4.69) is 6.58 Å². The van der Waals surface area contributed by atoms with Crippen molar-refractivity contribution in [1.29, 1.82) is 0 Å². The molecule has 2 fully saturated rings. The molecule has 2 saturated heterocycles. The third kappa shape index (κ3) is 1.93. The Bertz CT molecular complexity index is 507. The van der Waals surface area contributed by atoms with Gasteiger partial charge in [0.2, 0.25) is 5.91 Å². The van der Waals surface area contributed by atoms with Crippen LogP contribution >= 0.6 is 0 Å². The smallest absolute Gasteiger partial charge is 0.337 e. The molecule has 6 nitrogen and oxygen atoms in total. The second kappa shape index (κ2) is 5.06. The Balaban J connectivity index is 2.61. The molecule has 0 aliphatic carbocycles. The van der Waals surface area contributed by atoms with Crippen LogP contribution in [0.3, 0.4) is 0 Å². The first-order valence-electron chi connectivity index (χ1n) is 7.42. The van der Waals surface area contributed by atoms with Gasteiger partial charge in [-0.2, -0.15) is 0 Å². The van der Waals surface area contributed by atoms with E-state index in [0.29, 0.717) is 0 Å². The Morgan fingerprint density at radius 1 is 1.59 bits per heavy atom. The Hall–Kier alpha value is -1.40. The number of hydrogen-bond donors (Lipinski definition) is 1. The molecule has 22 heavy (non-hydrogen) atoms. The average Bonchev–Trinajstić information content (AvgIpc) is 2.90. The minimum Gasteiger partial charge on any atom is -0.467 e. The van der Waals surface area contributed by atoms with Crippen molar-refractivity contribution in [2.75, 3.05) is 13.7 Å². The topological polar surface area (TPSA) is 76.1 Å². The van der Waals surface area contributed by atoms with Crippen molar-refractivity contribution in [2.45, 2.75) is 51.5 Å². The van der Waals surface area contributed by atoms with Crippen molar-refractivity contribution < 1.29 is 24.2 Å². The second-order valence-electron chi connectivity index (χ2n) is 7.31. The normalized spacial score (nSPS) is 38.1. The number of carbonyl (C=O) groups excluding carboxylic acids is 2. The van der Waals surface area contributed by atoms with Crippen molar-refractivity contribution in [3.8, 4) is 0 Å². The van der Waals surface area contributed by atoms with Crippen LogP contribution in [-0.2, 0) is 19.1 Å². The highest BCUT2D eigenvalue weighted by Crippen LogP contribution is 2.52. The lowest BCUT2D eigenvalue weighted by atomic mass is 9.75. The number of fused-ring (bicyclic) bond motifs is 1. The molecule has 0 aromatic rings. The van der Waals surface area contributed by atoms with Gasteiger partial charge in [0.15, 0.2) is 5.54 Å². The molecule has 6 heteroatoms. The lowest BCUT2D eigenvalue weighted by Gasteiger charge is -2.40. The number of hydrogen-bond acceptors (Lipinski definition) is 5. The summed E-state index contributed by atoms with van der Waals surface area (Å²) in [4.78, 5) is 26.8. The first-order chi connectivity index (χ1) is 10.1. The van der Waals surface area contributed by atoms with Gasteiger partial charge in [-0.25, -0.2) is 4.79 Å². The summed E-state index contributed by atoms with van der Waals surface area (Å²) in [7, 11) is 1.25. The van der Waals surface area contributed by atoms with Crippen LogP contribution in [0.25, 0.3) is 0 Å². The minimum atomic E-state index is -1.59. The number of rotatable bonds is 3. The van der Waals surface area contributed by atoms with Gasteiger partial charge in [0.05, 0.1) is 19.6 Å². The van der Waals surface area contributed by atoms with Crippen LogP contribution in [0, 0.1) is 11.3 Å². The molecule has 0 unspecified atom stereocenters. The summed E-state index contributed by atoms with van der Waals surface area (Å²) in [5, 5.41) is 11.1. The van der Waals surface area contributed by atoms with Crippen molar-refractivity contribution in [1.82, 2.24) is 4.90 Å². The monoisotopic (exact) mass is 311 g/mol. The molecule has 2 aliphatic rings. The molecule has 2 aliphatic heterocycles. The van der Waals surface area contributed by atoms with Gasteiger partial charge < -0.3 is 14.6 Å². The maximum Gasteiger partial charge on any atom is 0.337 e. The van der Waals surface area contributed by atoms with Gasteiger partial charge in [0.25, 0.3) is 0 Å². The summed E-state index contributed by atoms with van der Waals surface area (Å²) < 4.78 is 10.7. The van der Waals surface area contributed by atoms with E-state index >= 15 is 0 Å². The van der Waals surface area contributed by atoms with Crippen molar-refractivity contribution >= 4 is 11.9 Å². The molecule has 0 aromatic heterocycles. The third-order valence-corrected chi connectivity index (χ3v) is 4.81. The van der Waals surface area contributed by atoms with Crippen LogP contribution < -0.4 is 0 Å². The summed E-state index contributed by atoms with van der Waals surface area (Å²) in [5.41, 5.74) is -3.50. The number of ether oxygens (including phenoxy) is 2. The molecule has 0 saturated carbocycles. The summed E-state index contributed by atoms with van der Waals surface area (Å²) in [5.74, 6) is -1.69. The van der Waals surface area contributed by atoms with Gasteiger partial charge in [-0.3, -0.25) is 9.69 Å². The van der Waals surface area contributed by atoms with Crippen LogP contribution in [0.5, 0.6) is 0 Å². The maximum atomic E-state index is 12.9. The molecule has 1 N–H and O–H groups in total. The minimum absolute atomic E-state index is 0.0754. The van der Waals surface area contributed by atoms with E-state index < -0.39 is 34.7 Å². The summed E-state index contributed by atoms with van der Waals surface area (Å²) in [6.45, 7) is 10.8. The van der Waals surface area contributed by atoms with Gasteiger partial charge in [-0.05, 0) is 13.3 Å². The van der Waals surface area contributed by atoms with Crippen LogP contribution in [0.2, 0.25) is 0 Å². The fraction of sp³-hybridized carbons (Fsp3) is 0.750. The van der Waals surface area contributed by atoms with E-state index in [1.54, 1.807) is 6.08 Å². The zero-order chi connectivity index (χ0) is 16.9. The maximum absolute atomic E-state index is 12.9. The quantitative estimate of drug-likeness (QED) is 0.623. The Morgan fingerprint density at radius 2 is 2.18 bits per heavy atom. The van der Waals surface area contributed by atoms with Crippen molar-refractivity contribution in [3.05, 3.63) is 12.7 Å². The highest BCUT2D eigenvalue weighted by atomic mass is 16.6. The lowest BCUT2D eigenvalue weighted by molar-refractivity contribution is -0.167. The number of carbonyl (C=O) groups is 2. The molecular formula is C16H25NO5. The highest BCUT2D eigenvalue weighted by Gasteiger charge is 2.75. The van der Waals surface area contributed by atoms with Gasteiger partial charge in [-0.1, -0.05) is 26.8 Å². The van der Waals surface area contributed by atoms with Crippen LogP contribution in [0.4, 0.5) is 0 Å². The number of methoxy groups -OCH3 is 1. The van der Waals surface area contributed by atoms with E-state index in [1.807, 2.05) is 20.8 Å². The molecule has 0 spiro atoms. The Morgan fingerprint density at radius 3 is 2.64 bits per heavy atom. The number of allylic oxidation sites excluding steroid dienone is 1. The van der Waals surface area contributed by atoms with E-state index in [1.165, 1.54) is 18.9 Å². The fourth-order valence-corrected chi connectivity index (χ4v) is 3.60. The largest absolute Gasteiger partial charge is 0.467 e. The van der Waals surface area contributed by atoms with E-state index in [-0.39, 0.29) is 18.9 Å². The number of aliphatic hydroxyl groups is 1. The van der Waals surface area contributed by atoms with Gasteiger partial charge >= 0.3 is 5.97 Å². The molecular weight excluding hydrogens is 286 g/mol. The SMILES string of the molecule is C=CC[C@H]1C(=O)N2[C@@H](C(C)(C)C)OC[C@@]2(C(=O)OC)[C@@]1(C)O. The molecule has 124 valence electrons. The molecule has 0 bridgehead atoms. The number of amides is 1. The predicted octanol–water partition coefficient (Wildman–Crippen LogP) is 1.09. The number of nitrogens with zero attached hydrogens (tertiary/aromatic N) is 1. The fourth-order valence-electron chi connectivity index (χ4n) is 3.60. The van der Waals surface area contributed by atoms with Gasteiger partial charge in [0, 0.05) is 5.41 Å².